The van der Waals surface area contributed by atoms with Gasteiger partial charge in [-0.2, -0.15) is 0 Å². The van der Waals surface area contributed by atoms with Crippen LogP contribution >= 0.6 is 0 Å². The van der Waals surface area contributed by atoms with Crippen molar-refractivity contribution in [2.75, 3.05) is 26.3 Å². The average Bonchev–Trinajstić information content (AvgIpc) is 2.46. The van der Waals surface area contributed by atoms with E-state index in [-0.39, 0.29) is 11.9 Å². The largest absolute Gasteiger partial charge is 0.378 e. The molecule has 4 heteroatoms. The SMILES string of the molecule is CC(CNC(=O)C1COCCN1)c1ccccc1. The number of hydrogen-bond acceptors (Lipinski definition) is 3. The first-order valence-electron chi connectivity index (χ1n) is 6.41. The van der Waals surface area contributed by atoms with Crippen molar-refractivity contribution in [1.29, 1.82) is 0 Å². The highest BCUT2D eigenvalue weighted by Crippen LogP contribution is 2.12. The van der Waals surface area contributed by atoms with Crippen LogP contribution in [0.5, 0.6) is 0 Å². The van der Waals surface area contributed by atoms with Crippen LogP contribution in [0.25, 0.3) is 0 Å². The van der Waals surface area contributed by atoms with E-state index in [9.17, 15) is 4.79 Å². The van der Waals surface area contributed by atoms with E-state index in [1.54, 1.807) is 0 Å². The van der Waals surface area contributed by atoms with E-state index in [2.05, 4.69) is 29.7 Å². The molecule has 1 aliphatic rings. The molecule has 2 rings (SSSR count). The Balaban J connectivity index is 1.78. The van der Waals surface area contributed by atoms with Crippen LogP contribution < -0.4 is 10.6 Å². The van der Waals surface area contributed by atoms with E-state index in [4.69, 9.17) is 4.74 Å². The topological polar surface area (TPSA) is 50.4 Å². The van der Waals surface area contributed by atoms with E-state index in [1.165, 1.54) is 5.56 Å². The third-order valence-electron chi connectivity index (χ3n) is 3.19. The summed E-state index contributed by atoms with van der Waals surface area (Å²) in [4.78, 5) is 11.9. The van der Waals surface area contributed by atoms with Gasteiger partial charge in [-0.25, -0.2) is 0 Å². The molecule has 4 nitrogen and oxygen atoms in total. The number of benzene rings is 1. The van der Waals surface area contributed by atoms with E-state index in [0.717, 1.165) is 6.54 Å². The van der Waals surface area contributed by atoms with Gasteiger partial charge in [0.15, 0.2) is 0 Å². The summed E-state index contributed by atoms with van der Waals surface area (Å²) < 4.78 is 5.27. The fourth-order valence-electron chi connectivity index (χ4n) is 2.01. The van der Waals surface area contributed by atoms with Gasteiger partial charge in [0.1, 0.15) is 6.04 Å². The Bertz CT molecular complexity index is 375. The molecule has 0 saturated carbocycles. The number of carbonyl (C=O) groups is 1. The fraction of sp³-hybridized carbons (Fsp3) is 0.500. The minimum atomic E-state index is -0.207. The van der Waals surface area contributed by atoms with Crippen molar-refractivity contribution in [3.8, 4) is 0 Å². The van der Waals surface area contributed by atoms with E-state index in [1.807, 2.05) is 18.2 Å². The van der Waals surface area contributed by atoms with Gasteiger partial charge in [-0.1, -0.05) is 37.3 Å². The molecule has 0 bridgehead atoms. The smallest absolute Gasteiger partial charge is 0.239 e. The molecule has 1 fully saturated rings. The highest BCUT2D eigenvalue weighted by Gasteiger charge is 2.21. The van der Waals surface area contributed by atoms with Gasteiger partial charge in [0.25, 0.3) is 0 Å². The first-order chi connectivity index (χ1) is 8.77. The van der Waals surface area contributed by atoms with Gasteiger partial charge in [-0.05, 0) is 11.5 Å². The molecule has 0 radical (unpaired) electrons. The maximum atomic E-state index is 11.9. The summed E-state index contributed by atoms with van der Waals surface area (Å²) in [5.41, 5.74) is 1.24. The van der Waals surface area contributed by atoms with Crippen molar-refractivity contribution < 1.29 is 9.53 Å². The number of ether oxygens (including phenoxy) is 1. The molecule has 1 amide bonds. The van der Waals surface area contributed by atoms with E-state index in [0.29, 0.717) is 25.7 Å². The van der Waals surface area contributed by atoms with Gasteiger partial charge >= 0.3 is 0 Å². The standard InChI is InChI=1S/C14H20N2O2/c1-11(12-5-3-2-4-6-12)9-16-14(17)13-10-18-8-7-15-13/h2-6,11,13,15H,7-10H2,1H3,(H,16,17). The summed E-state index contributed by atoms with van der Waals surface area (Å²) in [5.74, 6) is 0.345. The summed E-state index contributed by atoms with van der Waals surface area (Å²) in [7, 11) is 0. The number of rotatable bonds is 4. The molecular formula is C14H20N2O2. The number of nitrogens with one attached hydrogen (secondary N) is 2. The normalized spacial score (nSPS) is 21.3. The maximum absolute atomic E-state index is 11.9. The second-order valence-corrected chi connectivity index (χ2v) is 4.64. The Kier molecular flexibility index (Phi) is 4.73. The fourth-order valence-corrected chi connectivity index (χ4v) is 2.01. The molecule has 2 N–H and O–H groups in total. The van der Waals surface area contributed by atoms with Crippen LogP contribution in [-0.2, 0) is 9.53 Å². The van der Waals surface area contributed by atoms with Gasteiger partial charge in [-0.3, -0.25) is 4.79 Å². The first kappa shape index (κ1) is 13.1. The van der Waals surface area contributed by atoms with Crippen LogP contribution in [0.15, 0.2) is 30.3 Å². The molecule has 2 unspecified atom stereocenters. The molecule has 98 valence electrons. The van der Waals surface area contributed by atoms with Gasteiger partial charge in [0.05, 0.1) is 13.2 Å². The van der Waals surface area contributed by atoms with Crippen molar-refractivity contribution in [1.82, 2.24) is 10.6 Å². The molecule has 1 heterocycles. The molecule has 1 aliphatic heterocycles. The minimum absolute atomic E-state index is 0.0254. The Hall–Kier alpha value is -1.39. The van der Waals surface area contributed by atoms with E-state index >= 15 is 0 Å². The van der Waals surface area contributed by atoms with Gasteiger partial charge in [0, 0.05) is 13.1 Å². The van der Waals surface area contributed by atoms with Crippen molar-refractivity contribution in [2.24, 2.45) is 0 Å². The molecular weight excluding hydrogens is 228 g/mol. The van der Waals surface area contributed by atoms with Crippen LogP contribution in [0.3, 0.4) is 0 Å². The van der Waals surface area contributed by atoms with Crippen LogP contribution in [-0.4, -0.2) is 38.3 Å². The molecule has 2 atom stereocenters. The average molecular weight is 248 g/mol. The summed E-state index contributed by atoms with van der Waals surface area (Å²) in [6, 6.07) is 9.99. The number of carbonyl (C=O) groups excluding carboxylic acids is 1. The zero-order chi connectivity index (χ0) is 12.8. The van der Waals surface area contributed by atoms with Gasteiger partial charge < -0.3 is 15.4 Å². The first-order valence-corrected chi connectivity index (χ1v) is 6.41. The number of morpholine rings is 1. The third kappa shape index (κ3) is 3.55. The molecule has 1 saturated heterocycles. The van der Waals surface area contributed by atoms with Crippen LogP contribution in [0.4, 0.5) is 0 Å². The highest BCUT2D eigenvalue weighted by molar-refractivity contribution is 5.82. The van der Waals surface area contributed by atoms with Crippen molar-refractivity contribution >= 4 is 5.91 Å². The van der Waals surface area contributed by atoms with Gasteiger partial charge in [0.2, 0.25) is 5.91 Å². The Morgan fingerprint density at radius 2 is 2.28 bits per heavy atom. The van der Waals surface area contributed by atoms with E-state index < -0.39 is 0 Å². The van der Waals surface area contributed by atoms with Crippen molar-refractivity contribution in [2.45, 2.75) is 18.9 Å². The quantitative estimate of drug-likeness (QED) is 0.832. The summed E-state index contributed by atoms with van der Waals surface area (Å²) in [6.07, 6.45) is 0. The molecule has 0 aliphatic carbocycles. The zero-order valence-corrected chi connectivity index (χ0v) is 10.7. The number of hydrogen-bond donors (Lipinski definition) is 2. The van der Waals surface area contributed by atoms with Crippen molar-refractivity contribution in [3.05, 3.63) is 35.9 Å². The van der Waals surface area contributed by atoms with Crippen LogP contribution in [0.2, 0.25) is 0 Å². The van der Waals surface area contributed by atoms with Crippen LogP contribution in [0.1, 0.15) is 18.4 Å². The zero-order valence-electron chi connectivity index (χ0n) is 10.7. The summed E-state index contributed by atoms with van der Waals surface area (Å²) in [5, 5.41) is 6.11. The monoisotopic (exact) mass is 248 g/mol. The maximum Gasteiger partial charge on any atom is 0.239 e. The van der Waals surface area contributed by atoms with Crippen LogP contribution in [0, 0.1) is 0 Å². The molecule has 1 aromatic carbocycles. The predicted molar refractivity (Wildman–Crippen MR) is 70.5 cm³/mol. The lowest BCUT2D eigenvalue weighted by Crippen LogP contribution is -2.51. The minimum Gasteiger partial charge on any atom is -0.378 e. The number of amides is 1. The molecule has 18 heavy (non-hydrogen) atoms. The Morgan fingerprint density at radius 3 is 2.94 bits per heavy atom. The second kappa shape index (κ2) is 6.52. The lowest BCUT2D eigenvalue weighted by atomic mass is 10.0. The lowest BCUT2D eigenvalue weighted by Gasteiger charge is -2.23. The Morgan fingerprint density at radius 1 is 1.50 bits per heavy atom. The summed E-state index contributed by atoms with van der Waals surface area (Å²) >= 11 is 0. The molecule has 0 aromatic heterocycles. The highest BCUT2D eigenvalue weighted by atomic mass is 16.5. The third-order valence-corrected chi connectivity index (χ3v) is 3.19. The molecule has 1 aromatic rings. The second-order valence-electron chi connectivity index (χ2n) is 4.64. The Labute approximate surface area is 108 Å². The predicted octanol–water partition coefficient (Wildman–Crippen LogP) is 0.895. The summed E-state index contributed by atoms with van der Waals surface area (Å²) in [6.45, 7) is 4.66. The van der Waals surface area contributed by atoms with Gasteiger partial charge in [-0.15, -0.1) is 0 Å². The van der Waals surface area contributed by atoms with Crippen molar-refractivity contribution in [3.63, 3.8) is 0 Å². The lowest BCUT2D eigenvalue weighted by molar-refractivity contribution is -0.125. The molecule has 0 spiro atoms.